The van der Waals surface area contributed by atoms with E-state index in [2.05, 4.69) is 38.3 Å². The minimum absolute atomic E-state index is 0.0259. The molecule has 2 unspecified atom stereocenters. The van der Waals surface area contributed by atoms with Gasteiger partial charge in [0, 0.05) is 26.2 Å². The molecule has 0 aliphatic rings. The minimum atomic E-state index is -0.419. The van der Waals surface area contributed by atoms with Crippen molar-refractivity contribution in [3.8, 4) is 0 Å². The van der Waals surface area contributed by atoms with Crippen LogP contribution in [-0.2, 0) is 28.7 Å². The molecule has 0 spiro atoms. The van der Waals surface area contributed by atoms with Gasteiger partial charge in [-0.05, 0) is 38.5 Å². The van der Waals surface area contributed by atoms with Crippen molar-refractivity contribution in [2.24, 2.45) is 11.8 Å². The zero-order valence-electron chi connectivity index (χ0n) is 26.2. The van der Waals surface area contributed by atoms with E-state index in [0.29, 0.717) is 38.0 Å². The Kier molecular flexibility index (Phi) is 23.2. The molecule has 10 nitrogen and oxygen atoms in total. The highest BCUT2D eigenvalue weighted by Crippen LogP contribution is 2.12. The quantitative estimate of drug-likeness (QED) is 0.161. The van der Waals surface area contributed by atoms with Crippen LogP contribution in [0.3, 0.4) is 0 Å². The highest BCUT2D eigenvalue weighted by Gasteiger charge is 2.21. The Hall–Kier alpha value is -2.20. The molecule has 10 heteroatoms. The number of unbranched alkanes of at least 4 members (excludes halogenated alkanes) is 2. The first-order chi connectivity index (χ1) is 19.2. The van der Waals surface area contributed by atoms with Crippen LogP contribution < -0.4 is 10.6 Å². The molecule has 0 aromatic heterocycles. The van der Waals surface area contributed by atoms with Gasteiger partial charge in [0.15, 0.2) is 0 Å². The molecule has 2 N–H and O–H groups in total. The summed E-state index contributed by atoms with van der Waals surface area (Å²) in [7, 11) is 0. The zero-order valence-corrected chi connectivity index (χ0v) is 26.2. The van der Waals surface area contributed by atoms with Crippen molar-refractivity contribution >= 4 is 23.8 Å². The van der Waals surface area contributed by atoms with Crippen molar-refractivity contribution < 1.29 is 28.7 Å². The van der Waals surface area contributed by atoms with Gasteiger partial charge in [-0.1, -0.05) is 66.2 Å². The number of carbonyl (C=O) groups is 4. The van der Waals surface area contributed by atoms with Crippen molar-refractivity contribution in [1.82, 2.24) is 20.4 Å². The van der Waals surface area contributed by atoms with E-state index >= 15 is 0 Å². The highest BCUT2D eigenvalue weighted by atomic mass is 16.5. The summed E-state index contributed by atoms with van der Waals surface area (Å²) in [6.45, 7) is 14.3. The lowest BCUT2D eigenvalue weighted by Crippen LogP contribution is -2.47. The maximum Gasteiger partial charge on any atom is 0.320 e. The Morgan fingerprint density at radius 2 is 0.975 bits per heavy atom. The molecule has 0 aliphatic heterocycles. The van der Waals surface area contributed by atoms with Crippen LogP contribution in [0.2, 0.25) is 0 Å². The van der Waals surface area contributed by atoms with Gasteiger partial charge >= 0.3 is 11.9 Å². The van der Waals surface area contributed by atoms with E-state index in [9.17, 15) is 19.2 Å². The van der Waals surface area contributed by atoms with Gasteiger partial charge in [0.2, 0.25) is 11.8 Å². The first-order valence-corrected chi connectivity index (χ1v) is 15.5. The largest absolute Gasteiger partial charge is 0.465 e. The number of ether oxygens (including phenoxy) is 2. The third-order valence-electron chi connectivity index (χ3n) is 7.05. The Balaban J connectivity index is 5.23. The maximum atomic E-state index is 12.8. The van der Waals surface area contributed by atoms with Crippen LogP contribution in [-0.4, -0.2) is 99.1 Å². The number of amides is 2. The van der Waals surface area contributed by atoms with Crippen molar-refractivity contribution in [2.75, 3.05) is 65.6 Å². The Morgan fingerprint density at radius 3 is 1.27 bits per heavy atom. The summed E-state index contributed by atoms with van der Waals surface area (Å²) in [6.07, 6.45) is 8.64. The van der Waals surface area contributed by atoms with Crippen LogP contribution in [0.4, 0.5) is 0 Å². The monoisotopic (exact) mass is 570 g/mol. The summed E-state index contributed by atoms with van der Waals surface area (Å²) < 4.78 is 10.2. The molecule has 0 heterocycles. The molecule has 2 amide bonds. The van der Waals surface area contributed by atoms with Gasteiger partial charge in [-0.2, -0.15) is 0 Å². The predicted octanol–water partition coefficient (Wildman–Crippen LogP) is 3.38. The summed E-state index contributed by atoms with van der Waals surface area (Å²) in [4.78, 5) is 53.5. The maximum absolute atomic E-state index is 12.8. The average Bonchev–Trinajstić information content (AvgIpc) is 2.92. The normalized spacial score (nSPS) is 12.7. The van der Waals surface area contributed by atoms with Gasteiger partial charge in [-0.3, -0.25) is 29.0 Å². The summed E-state index contributed by atoms with van der Waals surface area (Å²) in [5, 5.41) is 6.02. The molecule has 0 rings (SSSR count). The molecule has 2 atom stereocenters. The fourth-order valence-corrected chi connectivity index (χ4v) is 4.41. The third kappa shape index (κ3) is 19.8. The molecule has 234 valence electrons. The molecule has 0 aromatic rings. The molecular weight excluding hydrogens is 512 g/mol. The van der Waals surface area contributed by atoms with E-state index in [4.69, 9.17) is 9.47 Å². The first-order valence-electron chi connectivity index (χ1n) is 15.5. The molecule has 0 saturated carbocycles. The summed E-state index contributed by atoms with van der Waals surface area (Å²) in [5.41, 5.74) is 0. The second-order valence-corrected chi connectivity index (χ2v) is 10.5. The second kappa shape index (κ2) is 24.6. The molecule has 0 saturated heterocycles. The summed E-state index contributed by atoms with van der Waals surface area (Å²) in [6, 6.07) is 0. The molecule has 0 radical (unpaired) electrons. The lowest BCUT2D eigenvalue weighted by Gasteiger charge is -2.26. The summed E-state index contributed by atoms with van der Waals surface area (Å²) in [5.74, 6) is -0.308. The van der Waals surface area contributed by atoms with Crippen molar-refractivity contribution in [1.29, 1.82) is 0 Å². The topological polar surface area (TPSA) is 117 Å². The van der Waals surface area contributed by atoms with Gasteiger partial charge in [0.1, 0.15) is 0 Å². The molecule has 0 bridgehead atoms. The second-order valence-electron chi connectivity index (χ2n) is 10.5. The van der Waals surface area contributed by atoms with Crippen LogP contribution in [0.1, 0.15) is 92.9 Å². The van der Waals surface area contributed by atoms with Crippen molar-refractivity contribution in [3.63, 3.8) is 0 Å². The van der Waals surface area contributed by atoms with E-state index in [-0.39, 0.29) is 51.2 Å². The Morgan fingerprint density at radius 1 is 0.600 bits per heavy atom. The first kappa shape index (κ1) is 37.8. The van der Waals surface area contributed by atoms with Gasteiger partial charge in [0.05, 0.1) is 39.4 Å². The summed E-state index contributed by atoms with van der Waals surface area (Å²) >= 11 is 0. The van der Waals surface area contributed by atoms with Gasteiger partial charge in [-0.15, -0.1) is 0 Å². The van der Waals surface area contributed by atoms with Crippen LogP contribution in [0.5, 0.6) is 0 Å². The Bertz CT molecular complexity index is 648. The van der Waals surface area contributed by atoms with E-state index in [1.165, 1.54) is 0 Å². The third-order valence-corrected chi connectivity index (χ3v) is 7.05. The fraction of sp³-hybridized carbons (Fsp3) is 0.867. The number of nitrogens with one attached hydrogen (secondary N) is 2. The Labute approximate surface area is 243 Å². The van der Waals surface area contributed by atoms with E-state index < -0.39 is 11.9 Å². The van der Waals surface area contributed by atoms with Crippen molar-refractivity contribution in [2.45, 2.75) is 92.9 Å². The number of rotatable bonds is 25. The minimum Gasteiger partial charge on any atom is -0.465 e. The van der Waals surface area contributed by atoms with Crippen LogP contribution >= 0.6 is 0 Å². The van der Waals surface area contributed by atoms with Gasteiger partial charge < -0.3 is 20.1 Å². The standard InChI is InChI=1S/C30H58N4O6/c1-7-13-15-25(9-3)19-31-27(35)21-33(23-29(37)39-11-5)17-18-34(24-30(38)40-12-6)22-28(36)32-20-26(10-4)16-14-8-2/h25-26H,7-24H2,1-6H3,(H,31,35)(H,32,36). The number of carbonyl (C=O) groups excluding carboxylic acids is 4. The number of esters is 2. The zero-order chi connectivity index (χ0) is 30.2. The van der Waals surface area contributed by atoms with E-state index in [1.54, 1.807) is 23.6 Å². The fourth-order valence-electron chi connectivity index (χ4n) is 4.41. The van der Waals surface area contributed by atoms with Gasteiger partial charge in [-0.25, -0.2) is 0 Å². The van der Waals surface area contributed by atoms with Crippen LogP contribution in [0.15, 0.2) is 0 Å². The smallest absolute Gasteiger partial charge is 0.320 e. The van der Waals surface area contributed by atoms with Crippen LogP contribution in [0, 0.1) is 11.8 Å². The molecule has 0 aliphatic carbocycles. The van der Waals surface area contributed by atoms with Crippen molar-refractivity contribution in [3.05, 3.63) is 0 Å². The number of nitrogens with zero attached hydrogens (tertiary/aromatic N) is 2. The van der Waals surface area contributed by atoms with Gasteiger partial charge in [0.25, 0.3) is 0 Å². The lowest BCUT2D eigenvalue weighted by atomic mass is 9.99. The number of hydrogen-bond donors (Lipinski definition) is 2. The number of hydrogen-bond acceptors (Lipinski definition) is 8. The molecule has 40 heavy (non-hydrogen) atoms. The molecular formula is C30H58N4O6. The molecule has 0 fully saturated rings. The molecule has 0 aromatic carbocycles. The van der Waals surface area contributed by atoms with E-state index in [1.807, 2.05) is 0 Å². The van der Waals surface area contributed by atoms with Crippen LogP contribution in [0.25, 0.3) is 0 Å². The SMILES string of the molecule is CCCCC(CC)CNC(=O)CN(CCN(CC(=O)NCC(CC)CCCC)CC(=O)OCC)CC(=O)OCC. The lowest BCUT2D eigenvalue weighted by molar-refractivity contribution is -0.147. The highest BCUT2D eigenvalue weighted by molar-refractivity contribution is 5.80. The average molecular weight is 571 g/mol. The predicted molar refractivity (Wildman–Crippen MR) is 159 cm³/mol. The van der Waals surface area contributed by atoms with E-state index in [0.717, 1.165) is 51.4 Å².